The number of piperidine rings is 1. The van der Waals surface area contributed by atoms with Gasteiger partial charge in [-0.2, -0.15) is 0 Å². The highest BCUT2D eigenvalue weighted by Crippen LogP contribution is 2.16. The lowest BCUT2D eigenvalue weighted by Gasteiger charge is -2.34. The zero-order valence-corrected chi connectivity index (χ0v) is 14.9. The van der Waals surface area contributed by atoms with Crippen LogP contribution in [0.3, 0.4) is 0 Å². The average molecular weight is 348 g/mol. The first-order chi connectivity index (χ1) is 9.61. The summed E-state index contributed by atoms with van der Waals surface area (Å²) in [6.45, 7) is 7.04. The van der Waals surface area contributed by atoms with Crippen molar-refractivity contribution in [1.82, 2.24) is 10.2 Å². The van der Waals surface area contributed by atoms with Crippen LogP contribution in [0.4, 0.5) is 5.69 Å². The van der Waals surface area contributed by atoms with E-state index in [0.29, 0.717) is 17.3 Å². The molecule has 126 valence electrons. The second-order valence-corrected chi connectivity index (χ2v) is 5.56. The summed E-state index contributed by atoms with van der Waals surface area (Å²) in [6.07, 6.45) is 3.70. The van der Waals surface area contributed by atoms with Crippen molar-refractivity contribution in [3.05, 3.63) is 29.3 Å². The fourth-order valence-electron chi connectivity index (χ4n) is 2.90. The Morgan fingerprint density at radius 1 is 1.36 bits per heavy atom. The number of aryl methyl sites for hydroxylation is 1. The minimum absolute atomic E-state index is 0. The van der Waals surface area contributed by atoms with E-state index in [1.54, 1.807) is 6.07 Å². The number of carbonyl (C=O) groups excluding carboxylic acids is 1. The Bertz CT molecular complexity index is 482. The average Bonchev–Trinajstić information content (AvgIpc) is 2.47. The molecule has 2 rings (SSSR count). The molecule has 1 heterocycles. The number of carbonyl (C=O) groups is 1. The Hall–Kier alpha value is -0.970. The van der Waals surface area contributed by atoms with Gasteiger partial charge in [-0.25, -0.2) is 0 Å². The second-order valence-electron chi connectivity index (χ2n) is 5.56. The number of nitrogens with two attached hydrogens (primary N) is 1. The van der Waals surface area contributed by atoms with E-state index in [-0.39, 0.29) is 30.7 Å². The largest absolute Gasteiger partial charge is 0.399 e. The fraction of sp³-hybridized carbons (Fsp3) is 0.562. The van der Waals surface area contributed by atoms with Crippen molar-refractivity contribution in [1.29, 1.82) is 0 Å². The first-order valence-corrected chi connectivity index (χ1v) is 7.50. The van der Waals surface area contributed by atoms with Gasteiger partial charge in [0.1, 0.15) is 0 Å². The van der Waals surface area contributed by atoms with E-state index >= 15 is 0 Å². The van der Waals surface area contributed by atoms with E-state index in [0.717, 1.165) is 25.2 Å². The molecule has 22 heavy (non-hydrogen) atoms. The van der Waals surface area contributed by atoms with Crippen molar-refractivity contribution < 1.29 is 4.79 Å². The Kier molecular flexibility index (Phi) is 9.49. The van der Waals surface area contributed by atoms with Crippen LogP contribution in [-0.2, 0) is 0 Å². The van der Waals surface area contributed by atoms with Gasteiger partial charge in [-0.3, -0.25) is 9.69 Å². The number of anilines is 1. The molecule has 1 amide bonds. The lowest BCUT2D eigenvalue weighted by Crippen LogP contribution is -2.46. The van der Waals surface area contributed by atoms with Crippen LogP contribution in [0.5, 0.6) is 0 Å². The number of nitrogens with one attached hydrogen (secondary N) is 1. The molecule has 1 atom stereocenters. The third-order valence-corrected chi connectivity index (χ3v) is 4.16. The Labute approximate surface area is 145 Å². The van der Waals surface area contributed by atoms with Gasteiger partial charge in [0.15, 0.2) is 0 Å². The van der Waals surface area contributed by atoms with Gasteiger partial charge in [-0.05, 0) is 50.6 Å². The number of halogens is 2. The molecular formula is C16H27Cl2N3O. The van der Waals surface area contributed by atoms with E-state index in [2.05, 4.69) is 17.1 Å². The Morgan fingerprint density at radius 3 is 2.77 bits per heavy atom. The molecule has 6 heteroatoms. The minimum atomic E-state index is -0.0172. The van der Waals surface area contributed by atoms with E-state index in [1.165, 1.54) is 19.3 Å². The summed E-state index contributed by atoms with van der Waals surface area (Å²) in [5, 5.41) is 3.06. The highest BCUT2D eigenvalue weighted by Gasteiger charge is 2.21. The molecular weight excluding hydrogens is 321 g/mol. The predicted molar refractivity (Wildman–Crippen MR) is 97.3 cm³/mol. The molecule has 1 fully saturated rings. The molecule has 0 bridgehead atoms. The first-order valence-electron chi connectivity index (χ1n) is 7.50. The SMILES string of the molecule is CCN1CCCCC1CNC(=O)c1cc(N)ccc1C.Cl.Cl. The summed E-state index contributed by atoms with van der Waals surface area (Å²) in [4.78, 5) is 14.7. The number of benzene rings is 1. The standard InChI is InChI=1S/C16H25N3O.2ClH/c1-3-19-9-5-4-6-14(19)11-18-16(20)15-10-13(17)8-7-12(15)2;;/h7-8,10,14H,3-6,9,11,17H2,1-2H3,(H,18,20);2*1H. The maximum atomic E-state index is 12.3. The molecule has 0 aliphatic carbocycles. The first kappa shape index (κ1) is 21.0. The Balaban J connectivity index is 0.00000220. The lowest BCUT2D eigenvalue weighted by atomic mass is 10.0. The van der Waals surface area contributed by atoms with Crippen LogP contribution >= 0.6 is 24.8 Å². The fourth-order valence-corrected chi connectivity index (χ4v) is 2.90. The van der Waals surface area contributed by atoms with E-state index in [4.69, 9.17) is 5.73 Å². The molecule has 1 aliphatic heterocycles. The number of hydrogen-bond donors (Lipinski definition) is 2. The number of rotatable bonds is 4. The number of amides is 1. The zero-order chi connectivity index (χ0) is 14.5. The summed E-state index contributed by atoms with van der Waals surface area (Å²) in [5.41, 5.74) is 8.04. The van der Waals surface area contributed by atoms with Crippen LogP contribution in [-0.4, -0.2) is 36.5 Å². The number of hydrogen-bond acceptors (Lipinski definition) is 3. The third kappa shape index (κ3) is 5.34. The zero-order valence-electron chi connectivity index (χ0n) is 13.3. The van der Waals surface area contributed by atoms with Gasteiger partial charge in [0, 0.05) is 23.8 Å². The van der Waals surface area contributed by atoms with Crippen molar-refractivity contribution in [2.24, 2.45) is 0 Å². The molecule has 0 radical (unpaired) electrons. The highest BCUT2D eigenvalue weighted by atomic mass is 35.5. The molecule has 1 aliphatic rings. The van der Waals surface area contributed by atoms with Crippen LogP contribution in [0, 0.1) is 6.92 Å². The van der Waals surface area contributed by atoms with Crippen LogP contribution in [0.25, 0.3) is 0 Å². The monoisotopic (exact) mass is 347 g/mol. The quantitative estimate of drug-likeness (QED) is 0.823. The molecule has 3 N–H and O–H groups in total. The second kappa shape index (κ2) is 9.93. The van der Waals surface area contributed by atoms with Gasteiger partial charge in [0.05, 0.1) is 0 Å². The van der Waals surface area contributed by atoms with E-state index in [9.17, 15) is 4.79 Å². The molecule has 1 aromatic carbocycles. The molecule has 1 aromatic rings. The number of nitrogen functional groups attached to an aromatic ring is 1. The maximum absolute atomic E-state index is 12.3. The minimum Gasteiger partial charge on any atom is -0.399 e. The van der Waals surface area contributed by atoms with Crippen LogP contribution < -0.4 is 11.1 Å². The summed E-state index contributed by atoms with van der Waals surface area (Å²) < 4.78 is 0. The van der Waals surface area contributed by atoms with Gasteiger partial charge in [0.25, 0.3) is 5.91 Å². The van der Waals surface area contributed by atoms with Crippen LogP contribution in [0.2, 0.25) is 0 Å². The van der Waals surface area contributed by atoms with Gasteiger partial charge in [-0.15, -0.1) is 24.8 Å². The molecule has 0 saturated carbocycles. The van der Waals surface area contributed by atoms with Gasteiger partial charge < -0.3 is 11.1 Å². The van der Waals surface area contributed by atoms with Crippen molar-refractivity contribution in [3.63, 3.8) is 0 Å². The third-order valence-electron chi connectivity index (χ3n) is 4.16. The van der Waals surface area contributed by atoms with E-state index < -0.39 is 0 Å². The lowest BCUT2D eigenvalue weighted by molar-refractivity contribution is 0.0917. The molecule has 1 saturated heterocycles. The van der Waals surface area contributed by atoms with E-state index in [1.807, 2.05) is 19.1 Å². The number of likely N-dealkylation sites (tertiary alicyclic amines) is 1. The molecule has 1 unspecified atom stereocenters. The Morgan fingerprint density at radius 2 is 2.09 bits per heavy atom. The predicted octanol–water partition coefficient (Wildman–Crippen LogP) is 3.03. The van der Waals surface area contributed by atoms with Crippen molar-refractivity contribution in [3.8, 4) is 0 Å². The van der Waals surface area contributed by atoms with Gasteiger partial charge in [0.2, 0.25) is 0 Å². The molecule has 0 aromatic heterocycles. The number of likely N-dealkylation sites (N-methyl/N-ethyl adjacent to an activating group) is 1. The van der Waals surface area contributed by atoms with Crippen LogP contribution in [0.15, 0.2) is 18.2 Å². The van der Waals surface area contributed by atoms with Gasteiger partial charge in [-0.1, -0.05) is 19.4 Å². The maximum Gasteiger partial charge on any atom is 0.251 e. The number of nitrogens with zero attached hydrogens (tertiary/aromatic N) is 1. The topological polar surface area (TPSA) is 58.4 Å². The van der Waals surface area contributed by atoms with Gasteiger partial charge >= 0.3 is 0 Å². The molecule has 4 nitrogen and oxygen atoms in total. The summed E-state index contributed by atoms with van der Waals surface area (Å²) in [5.74, 6) is -0.0172. The summed E-state index contributed by atoms with van der Waals surface area (Å²) in [6, 6.07) is 5.94. The molecule has 0 spiro atoms. The summed E-state index contributed by atoms with van der Waals surface area (Å²) >= 11 is 0. The van der Waals surface area contributed by atoms with Crippen molar-refractivity contribution in [2.45, 2.75) is 39.2 Å². The van der Waals surface area contributed by atoms with Crippen LogP contribution in [0.1, 0.15) is 42.1 Å². The van der Waals surface area contributed by atoms with Crippen molar-refractivity contribution >= 4 is 36.4 Å². The summed E-state index contributed by atoms with van der Waals surface area (Å²) in [7, 11) is 0. The normalized spacial score (nSPS) is 18.0. The van der Waals surface area contributed by atoms with Crippen molar-refractivity contribution in [2.75, 3.05) is 25.4 Å². The smallest absolute Gasteiger partial charge is 0.251 e. The highest BCUT2D eigenvalue weighted by molar-refractivity contribution is 5.96.